The van der Waals surface area contributed by atoms with E-state index in [2.05, 4.69) is 36.7 Å². The highest BCUT2D eigenvalue weighted by Gasteiger charge is 2.14. The molecule has 4 heterocycles. The van der Waals surface area contributed by atoms with Gasteiger partial charge in [0.15, 0.2) is 0 Å². The summed E-state index contributed by atoms with van der Waals surface area (Å²) in [4.78, 5) is 0. The highest BCUT2D eigenvalue weighted by atomic mass is 32.1. The summed E-state index contributed by atoms with van der Waals surface area (Å²) < 4.78 is 8.76. The molecular weight excluding hydrogens is 320 g/mol. The number of rotatable bonds is 0. The summed E-state index contributed by atoms with van der Waals surface area (Å²) in [6.45, 7) is 4.44. The van der Waals surface area contributed by atoms with E-state index in [1.807, 2.05) is 45.3 Å². The van der Waals surface area contributed by atoms with Gasteiger partial charge in [0, 0.05) is 29.6 Å². The van der Waals surface area contributed by atoms with Gasteiger partial charge < -0.3 is 0 Å². The summed E-state index contributed by atoms with van der Waals surface area (Å²) in [7, 11) is 0. The fraction of sp³-hybridized carbons (Fsp3) is 0.125. The van der Waals surface area contributed by atoms with Gasteiger partial charge in [-0.25, -0.2) is 0 Å². The van der Waals surface area contributed by atoms with Crippen molar-refractivity contribution in [2.24, 2.45) is 0 Å². The maximum absolute atomic E-state index is 2.41. The van der Waals surface area contributed by atoms with E-state index in [1.165, 1.54) is 50.1 Å². The Hall–Kier alpha value is -0.940. The second-order valence-corrected chi connectivity index (χ2v) is 9.07. The molecule has 0 unspecified atom stereocenters. The molecule has 98 valence electrons. The number of aryl methyl sites for hydroxylation is 2. The van der Waals surface area contributed by atoms with E-state index in [9.17, 15) is 0 Å². The molecule has 0 saturated carbocycles. The van der Waals surface area contributed by atoms with Crippen molar-refractivity contribution in [2.45, 2.75) is 13.8 Å². The van der Waals surface area contributed by atoms with E-state index in [4.69, 9.17) is 0 Å². The van der Waals surface area contributed by atoms with Crippen molar-refractivity contribution in [3.05, 3.63) is 34.0 Å². The molecule has 0 nitrogen and oxygen atoms in total. The predicted octanol–water partition coefficient (Wildman–Crippen LogP) is 7.16. The van der Waals surface area contributed by atoms with E-state index in [0.717, 1.165) is 0 Å². The van der Waals surface area contributed by atoms with E-state index in [0.29, 0.717) is 0 Å². The minimum absolute atomic E-state index is 1.42. The average Bonchev–Trinajstić information content (AvgIpc) is 3.13. The van der Waals surface area contributed by atoms with Gasteiger partial charge in [0.05, 0.1) is 9.40 Å². The third kappa shape index (κ3) is 1.35. The van der Waals surface area contributed by atoms with Gasteiger partial charge in [-0.1, -0.05) is 0 Å². The quantitative estimate of drug-likeness (QED) is 0.282. The van der Waals surface area contributed by atoms with Gasteiger partial charge in [-0.05, 0) is 47.9 Å². The summed E-state index contributed by atoms with van der Waals surface area (Å²) in [6.07, 6.45) is 0. The predicted molar refractivity (Wildman–Crippen MR) is 97.4 cm³/mol. The van der Waals surface area contributed by atoms with Crippen LogP contribution < -0.4 is 0 Å². The van der Waals surface area contributed by atoms with Crippen LogP contribution in [0.4, 0.5) is 0 Å². The monoisotopic (exact) mass is 330 g/mol. The highest BCUT2D eigenvalue weighted by molar-refractivity contribution is 7.34. The summed E-state index contributed by atoms with van der Waals surface area (Å²) in [5, 5.41) is 7.45. The Labute approximate surface area is 131 Å². The van der Waals surface area contributed by atoms with Crippen LogP contribution in [0.25, 0.3) is 39.0 Å². The van der Waals surface area contributed by atoms with Crippen LogP contribution in [0.2, 0.25) is 0 Å². The minimum Gasteiger partial charge on any atom is -0.142 e. The molecule has 4 aromatic heterocycles. The number of benzene rings is 1. The highest BCUT2D eigenvalue weighted by Crippen LogP contribution is 2.46. The van der Waals surface area contributed by atoms with Crippen LogP contribution in [0.3, 0.4) is 0 Å². The summed E-state index contributed by atoms with van der Waals surface area (Å²) in [6, 6.07) is 4.83. The van der Waals surface area contributed by atoms with E-state index in [-0.39, 0.29) is 0 Å². The van der Waals surface area contributed by atoms with Crippen molar-refractivity contribution >= 4 is 84.3 Å². The molecular formula is C16H10S4. The van der Waals surface area contributed by atoms with Gasteiger partial charge >= 0.3 is 0 Å². The molecule has 0 radical (unpaired) electrons. The molecule has 0 fully saturated rings. The number of hydrogen-bond donors (Lipinski definition) is 0. The Morgan fingerprint density at radius 3 is 1.55 bits per heavy atom. The number of thiophene rings is 4. The average molecular weight is 331 g/mol. The topological polar surface area (TPSA) is 0 Å². The number of hydrogen-bond acceptors (Lipinski definition) is 4. The largest absolute Gasteiger partial charge is 0.142 e. The molecule has 5 rings (SSSR count). The van der Waals surface area contributed by atoms with Gasteiger partial charge in [0.25, 0.3) is 0 Å². The third-order valence-corrected chi connectivity index (χ3v) is 8.93. The molecule has 0 amide bonds. The van der Waals surface area contributed by atoms with Gasteiger partial charge in [0.1, 0.15) is 0 Å². The smallest absolute Gasteiger partial charge is 0.0532 e. The van der Waals surface area contributed by atoms with Gasteiger partial charge in [-0.3, -0.25) is 0 Å². The zero-order valence-electron chi connectivity index (χ0n) is 10.9. The van der Waals surface area contributed by atoms with Crippen molar-refractivity contribution in [3.63, 3.8) is 0 Å². The molecule has 0 atom stereocenters. The molecule has 5 aromatic rings. The van der Waals surface area contributed by atoms with Crippen molar-refractivity contribution in [3.8, 4) is 0 Å². The molecule has 0 saturated heterocycles. The van der Waals surface area contributed by atoms with Crippen LogP contribution in [-0.2, 0) is 0 Å². The zero-order valence-corrected chi connectivity index (χ0v) is 14.2. The molecule has 0 aliphatic rings. The van der Waals surface area contributed by atoms with E-state index >= 15 is 0 Å². The van der Waals surface area contributed by atoms with Crippen molar-refractivity contribution in [1.29, 1.82) is 0 Å². The molecule has 0 bridgehead atoms. The Morgan fingerprint density at radius 1 is 0.650 bits per heavy atom. The second-order valence-electron chi connectivity index (χ2n) is 5.20. The van der Waals surface area contributed by atoms with Crippen molar-refractivity contribution in [1.82, 2.24) is 0 Å². The van der Waals surface area contributed by atoms with Crippen LogP contribution in [0.15, 0.2) is 22.9 Å². The first-order valence-corrected chi connectivity index (χ1v) is 9.82. The lowest BCUT2D eigenvalue weighted by molar-refractivity contribution is 1.62. The second kappa shape index (κ2) is 3.83. The fourth-order valence-corrected chi connectivity index (χ4v) is 7.75. The summed E-state index contributed by atoms with van der Waals surface area (Å²) >= 11 is 7.67. The maximum atomic E-state index is 2.41. The van der Waals surface area contributed by atoms with E-state index < -0.39 is 0 Å². The molecule has 0 aliphatic heterocycles. The molecule has 4 heteroatoms. The third-order valence-electron chi connectivity index (χ3n) is 3.83. The summed E-state index contributed by atoms with van der Waals surface area (Å²) in [5.74, 6) is 0. The normalized spacial score (nSPS) is 12.5. The van der Waals surface area contributed by atoms with Gasteiger partial charge in [-0.15, -0.1) is 45.3 Å². The zero-order chi connectivity index (χ0) is 13.4. The van der Waals surface area contributed by atoms with E-state index in [1.54, 1.807) is 0 Å². The first kappa shape index (κ1) is 11.7. The van der Waals surface area contributed by atoms with Crippen LogP contribution in [-0.4, -0.2) is 0 Å². The van der Waals surface area contributed by atoms with Crippen LogP contribution >= 0.6 is 45.3 Å². The minimum atomic E-state index is 1.42. The molecule has 1 aromatic carbocycles. The first-order chi connectivity index (χ1) is 9.72. The van der Waals surface area contributed by atoms with Crippen molar-refractivity contribution < 1.29 is 0 Å². The van der Waals surface area contributed by atoms with Crippen LogP contribution in [0.1, 0.15) is 11.1 Å². The molecule has 0 N–H and O–H groups in total. The van der Waals surface area contributed by atoms with Gasteiger partial charge in [-0.2, -0.15) is 0 Å². The lowest BCUT2D eigenvalue weighted by Gasteiger charge is -1.92. The van der Waals surface area contributed by atoms with Crippen LogP contribution in [0, 0.1) is 13.8 Å². The van der Waals surface area contributed by atoms with Gasteiger partial charge in [0.2, 0.25) is 0 Å². The Bertz CT molecular complexity index is 1020. The molecule has 0 aliphatic carbocycles. The standard InChI is InChI=1S/C16H10S4/c1-7-5-17-15-9-3-12-10(4-11(9)19-13(7)15)16-14(20-12)8(2)6-18-16/h3-6H,1-2H3. The Kier molecular flexibility index (Phi) is 2.24. The number of fused-ring (bicyclic) bond motifs is 6. The Morgan fingerprint density at radius 2 is 1.10 bits per heavy atom. The van der Waals surface area contributed by atoms with Crippen molar-refractivity contribution in [2.75, 3.05) is 0 Å². The molecule has 0 spiro atoms. The fourth-order valence-electron chi connectivity index (χ4n) is 2.80. The first-order valence-electron chi connectivity index (χ1n) is 6.43. The summed E-state index contributed by atoms with van der Waals surface area (Å²) in [5.41, 5.74) is 2.85. The lowest BCUT2D eigenvalue weighted by Crippen LogP contribution is -1.63. The SMILES string of the molecule is Cc1csc2c1sc1cc3c(cc12)sc1c(C)csc13. The lowest BCUT2D eigenvalue weighted by atomic mass is 10.2. The Balaban J connectivity index is 2.03. The maximum Gasteiger partial charge on any atom is 0.0532 e. The van der Waals surface area contributed by atoms with Crippen LogP contribution in [0.5, 0.6) is 0 Å². The molecule has 20 heavy (non-hydrogen) atoms.